The van der Waals surface area contributed by atoms with Crippen LogP contribution in [0.4, 0.5) is 5.69 Å². The van der Waals surface area contributed by atoms with Gasteiger partial charge in [0.2, 0.25) is 0 Å². The summed E-state index contributed by atoms with van der Waals surface area (Å²) < 4.78 is 4.40. The highest BCUT2D eigenvalue weighted by atomic mass is 16.5. The quantitative estimate of drug-likeness (QED) is 0.741. The van der Waals surface area contributed by atoms with E-state index < -0.39 is 0 Å². The van der Waals surface area contributed by atoms with Gasteiger partial charge in [0.15, 0.2) is 0 Å². The fourth-order valence-electron chi connectivity index (χ4n) is 1.62. The van der Waals surface area contributed by atoms with Crippen LogP contribution in [0.1, 0.15) is 25.8 Å². The molecule has 1 N–H and O–H groups in total. The second-order valence-electron chi connectivity index (χ2n) is 3.61. The number of ether oxygens (including phenoxy) is 1. The average Bonchev–Trinajstić information content (AvgIpc) is 2.30. The Hall–Kier alpha value is -1.51. The third kappa shape index (κ3) is 4.34. The number of rotatable bonds is 1. The summed E-state index contributed by atoms with van der Waals surface area (Å²) in [7, 11) is 0. The van der Waals surface area contributed by atoms with E-state index in [9.17, 15) is 4.79 Å². The van der Waals surface area contributed by atoms with Gasteiger partial charge < -0.3 is 10.1 Å². The molecule has 0 atom stereocenters. The summed E-state index contributed by atoms with van der Waals surface area (Å²) in [4.78, 5) is 9.82. The standard InChI is InChI=1S/C9H11N.C4H8O2/c1-2-6-9-8(4-1)5-3-7-10-9;1-3-6-4(2)5/h1-2,4,6,10H,3,5,7H2;3H2,1-2H3. The predicted molar refractivity (Wildman–Crippen MR) is 65.6 cm³/mol. The van der Waals surface area contributed by atoms with Gasteiger partial charge in [-0.2, -0.15) is 0 Å². The lowest BCUT2D eigenvalue weighted by atomic mass is 10.0. The van der Waals surface area contributed by atoms with Crippen molar-refractivity contribution in [2.45, 2.75) is 26.7 Å². The van der Waals surface area contributed by atoms with Gasteiger partial charge in [-0.15, -0.1) is 0 Å². The Kier molecular flexibility index (Phi) is 5.40. The lowest BCUT2D eigenvalue weighted by Crippen LogP contribution is -2.10. The molecule has 88 valence electrons. The van der Waals surface area contributed by atoms with Crippen molar-refractivity contribution in [2.24, 2.45) is 0 Å². The zero-order valence-electron chi connectivity index (χ0n) is 9.95. The number of esters is 1. The zero-order valence-corrected chi connectivity index (χ0v) is 9.95. The number of para-hydroxylation sites is 1. The Morgan fingerprint density at radius 2 is 2.19 bits per heavy atom. The predicted octanol–water partition coefficient (Wildman–Crippen LogP) is 2.61. The van der Waals surface area contributed by atoms with E-state index in [0.717, 1.165) is 6.54 Å². The van der Waals surface area contributed by atoms with Crippen molar-refractivity contribution >= 4 is 11.7 Å². The Labute approximate surface area is 96.8 Å². The summed E-state index contributed by atoms with van der Waals surface area (Å²) in [5.41, 5.74) is 2.79. The third-order valence-electron chi connectivity index (χ3n) is 2.30. The third-order valence-corrected chi connectivity index (χ3v) is 2.30. The number of benzene rings is 1. The molecule has 0 unspecified atom stereocenters. The van der Waals surface area contributed by atoms with Crippen LogP contribution in [-0.4, -0.2) is 19.1 Å². The second kappa shape index (κ2) is 6.88. The molecule has 0 aromatic heterocycles. The van der Waals surface area contributed by atoms with E-state index in [-0.39, 0.29) is 5.97 Å². The van der Waals surface area contributed by atoms with Crippen molar-refractivity contribution in [1.82, 2.24) is 0 Å². The van der Waals surface area contributed by atoms with E-state index in [1.807, 2.05) is 0 Å². The summed E-state index contributed by atoms with van der Waals surface area (Å²) >= 11 is 0. The monoisotopic (exact) mass is 221 g/mol. The fourth-order valence-corrected chi connectivity index (χ4v) is 1.62. The molecule has 1 aromatic carbocycles. The minimum Gasteiger partial charge on any atom is -0.466 e. The number of fused-ring (bicyclic) bond motifs is 1. The number of hydrogen-bond donors (Lipinski definition) is 1. The number of nitrogens with one attached hydrogen (secondary N) is 1. The highest BCUT2D eigenvalue weighted by molar-refractivity contribution is 5.65. The van der Waals surface area contributed by atoms with Crippen LogP contribution in [0.3, 0.4) is 0 Å². The Morgan fingerprint density at radius 3 is 2.75 bits per heavy atom. The maximum atomic E-state index is 9.82. The molecule has 1 aromatic rings. The fraction of sp³-hybridized carbons (Fsp3) is 0.462. The maximum absolute atomic E-state index is 9.82. The molecule has 0 fully saturated rings. The molecule has 2 rings (SSSR count). The first kappa shape index (κ1) is 12.6. The van der Waals surface area contributed by atoms with Gasteiger partial charge in [0, 0.05) is 19.2 Å². The topological polar surface area (TPSA) is 38.3 Å². The first-order chi connectivity index (χ1) is 7.74. The minimum absolute atomic E-state index is 0.211. The first-order valence-corrected chi connectivity index (χ1v) is 5.69. The summed E-state index contributed by atoms with van der Waals surface area (Å²) in [6.07, 6.45) is 2.51. The highest BCUT2D eigenvalue weighted by Gasteiger charge is 2.04. The van der Waals surface area contributed by atoms with Crippen molar-refractivity contribution in [3.05, 3.63) is 29.8 Å². The lowest BCUT2D eigenvalue weighted by Gasteiger charge is -2.16. The molecule has 0 radical (unpaired) electrons. The number of hydrogen-bond acceptors (Lipinski definition) is 3. The molecule has 3 nitrogen and oxygen atoms in total. The smallest absolute Gasteiger partial charge is 0.302 e. The van der Waals surface area contributed by atoms with Crippen LogP contribution < -0.4 is 5.32 Å². The molecule has 0 saturated carbocycles. The van der Waals surface area contributed by atoms with Gasteiger partial charge in [0.05, 0.1) is 6.61 Å². The molecule has 1 aliphatic rings. The van der Waals surface area contributed by atoms with Gasteiger partial charge in [-0.25, -0.2) is 0 Å². The summed E-state index contributed by atoms with van der Waals surface area (Å²) in [5.74, 6) is -0.211. The van der Waals surface area contributed by atoms with Crippen molar-refractivity contribution < 1.29 is 9.53 Å². The van der Waals surface area contributed by atoms with E-state index in [1.165, 1.54) is 31.0 Å². The minimum atomic E-state index is -0.211. The molecular formula is C13H19NO2. The molecule has 0 amide bonds. The van der Waals surface area contributed by atoms with Gasteiger partial charge in [-0.3, -0.25) is 4.79 Å². The van der Waals surface area contributed by atoms with E-state index in [0.29, 0.717) is 6.61 Å². The molecule has 1 aliphatic heterocycles. The summed E-state index contributed by atoms with van der Waals surface area (Å²) in [5, 5.41) is 3.36. The van der Waals surface area contributed by atoms with Gasteiger partial charge in [-0.1, -0.05) is 18.2 Å². The van der Waals surface area contributed by atoms with E-state index in [2.05, 4.69) is 34.3 Å². The molecule has 1 heterocycles. The van der Waals surface area contributed by atoms with Crippen LogP contribution >= 0.6 is 0 Å². The van der Waals surface area contributed by atoms with E-state index >= 15 is 0 Å². The maximum Gasteiger partial charge on any atom is 0.302 e. The molecule has 16 heavy (non-hydrogen) atoms. The van der Waals surface area contributed by atoms with Crippen LogP contribution in [0.5, 0.6) is 0 Å². The number of carbonyl (C=O) groups excluding carboxylic acids is 1. The molecule has 3 heteroatoms. The van der Waals surface area contributed by atoms with E-state index in [4.69, 9.17) is 0 Å². The molecule has 0 spiro atoms. The largest absolute Gasteiger partial charge is 0.466 e. The second-order valence-corrected chi connectivity index (χ2v) is 3.61. The van der Waals surface area contributed by atoms with Crippen LogP contribution in [-0.2, 0) is 16.0 Å². The van der Waals surface area contributed by atoms with Gasteiger partial charge in [-0.05, 0) is 31.4 Å². The Balaban J connectivity index is 0.000000187. The van der Waals surface area contributed by atoms with Crippen LogP contribution in [0, 0.1) is 0 Å². The number of carbonyl (C=O) groups is 1. The van der Waals surface area contributed by atoms with Crippen LogP contribution in [0.2, 0.25) is 0 Å². The number of anilines is 1. The number of aryl methyl sites for hydroxylation is 1. The molecule has 0 bridgehead atoms. The van der Waals surface area contributed by atoms with Crippen molar-refractivity contribution in [3.8, 4) is 0 Å². The molecule has 0 saturated heterocycles. The molecule has 0 aliphatic carbocycles. The SMILES string of the molecule is CCOC(C)=O.c1ccc2c(c1)CCCN2. The average molecular weight is 221 g/mol. The highest BCUT2D eigenvalue weighted by Crippen LogP contribution is 2.19. The van der Waals surface area contributed by atoms with Crippen LogP contribution in [0.25, 0.3) is 0 Å². The first-order valence-electron chi connectivity index (χ1n) is 5.69. The van der Waals surface area contributed by atoms with Gasteiger partial charge in [0.1, 0.15) is 0 Å². The Bertz CT molecular complexity index is 311. The molecular weight excluding hydrogens is 202 g/mol. The summed E-state index contributed by atoms with van der Waals surface area (Å²) in [6, 6.07) is 8.53. The van der Waals surface area contributed by atoms with Crippen molar-refractivity contribution in [2.75, 3.05) is 18.5 Å². The summed E-state index contributed by atoms with van der Waals surface area (Å²) in [6.45, 7) is 4.79. The van der Waals surface area contributed by atoms with Crippen molar-refractivity contribution in [1.29, 1.82) is 0 Å². The zero-order chi connectivity index (χ0) is 11.8. The van der Waals surface area contributed by atoms with E-state index in [1.54, 1.807) is 6.92 Å². The van der Waals surface area contributed by atoms with Gasteiger partial charge >= 0.3 is 5.97 Å². The van der Waals surface area contributed by atoms with Gasteiger partial charge in [0.25, 0.3) is 0 Å². The lowest BCUT2D eigenvalue weighted by molar-refractivity contribution is -0.140. The van der Waals surface area contributed by atoms with Crippen LogP contribution in [0.15, 0.2) is 24.3 Å². The Morgan fingerprint density at radius 1 is 1.44 bits per heavy atom. The van der Waals surface area contributed by atoms with Crippen molar-refractivity contribution in [3.63, 3.8) is 0 Å². The normalized spacial score (nSPS) is 12.6.